The fourth-order valence-electron chi connectivity index (χ4n) is 3.88. The van der Waals surface area contributed by atoms with Gasteiger partial charge in [-0.2, -0.15) is 0 Å². The van der Waals surface area contributed by atoms with Gasteiger partial charge in [-0.05, 0) is 35.4 Å². The molecule has 4 rings (SSSR count). The fraction of sp³-hybridized carbons (Fsp3) is 0.440. The Morgan fingerprint density at radius 3 is 1.91 bits per heavy atom. The number of nitrogens with zero attached hydrogens (tertiary/aromatic N) is 2. The van der Waals surface area contributed by atoms with Gasteiger partial charge in [0.1, 0.15) is 41.3 Å². The zero-order chi connectivity index (χ0) is 24.1. The van der Waals surface area contributed by atoms with Gasteiger partial charge in [0, 0.05) is 14.1 Å². The van der Waals surface area contributed by atoms with Crippen molar-refractivity contribution in [1.82, 2.24) is 4.90 Å². The standard InChI is InChI=1S/C25H30N2O6S/c1-27(2)25-26-21-23(32-15-17-7-11-19(30-4)12-8-17)22(20(13-28)33-24(21)34-25)31-14-16-5-9-18(29-3)10-6-16/h5-13,20-24H,14-15H2,1-4H3/t20?,21-,22?,23-,24?/m1/s1. The molecule has 0 saturated carbocycles. The van der Waals surface area contributed by atoms with Crippen molar-refractivity contribution in [2.45, 2.75) is 43.0 Å². The molecule has 3 unspecified atom stereocenters. The number of benzene rings is 2. The van der Waals surface area contributed by atoms with Gasteiger partial charge in [0.25, 0.3) is 0 Å². The normalized spacial score (nSPS) is 25.9. The largest absolute Gasteiger partial charge is 0.497 e. The SMILES string of the molecule is COc1ccc(COC2C(C=O)OC3SC(N(C)C)=N[C@@H]3[C@H]2OCc2ccc(OC)cc2)cc1. The van der Waals surface area contributed by atoms with E-state index in [1.807, 2.05) is 67.5 Å². The lowest BCUT2D eigenvalue weighted by molar-refractivity contribution is -0.193. The van der Waals surface area contributed by atoms with Gasteiger partial charge in [-0.15, -0.1) is 0 Å². The van der Waals surface area contributed by atoms with Gasteiger partial charge >= 0.3 is 0 Å². The third-order valence-electron chi connectivity index (χ3n) is 5.76. The summed E-state index contributed by atoms with van der Waals surface area (Å²) in [6.07, 6.45) is -1.03. The van der Waals surface area contributed by atoms with Crippen LogP contribution in [0.15, 0.2) is 53.5 Å². The number of rotatable bonds is 9. The van der Waals surface area contributed by atoms with E-state index in [1.54, 1.807) is 14.2 Å². The number of fused-ring (bicyclic) bond motifs is 1. The Hall–Kier alpha value is -2.59. The minimum absolute atomic E-state index is 0.294. The highest BCUT2D eigenvalue weighted by Gasteiger charge is 2.51. The van der Waals surface area contributed by atoms with Crippen LogP contribution < -0.4 is 9.47 Å². The highest BCUT2D eigenvalue weighted by atomic mass is 32.2. The van der Waals surface area contributed by atoms with Crippen LogP contribution in [0.1, 0.15) is 11.1 Å². The molecule has 1 saturated heterocycles. The molecule has 2 aromatic rings. The van der Waals surface area contributed by atoms with Crippen LogP contribution in [0.2, 0.25) is 0 Å². The van der Waals surface area contributed by atoms with Gasteiger partial charge in [-0.1, -0.05) is 36.0 Å². The van der Waals surface area contributed by atoms with E-state index in [4.69, 9.17) is 28.7 Å². The summed E-state index contributed by atoms with van der Waals surface area (Å²) in [4.78, 5) is 18.8. The topological polar surface area (TPSA) is 78.8 Å². The van der Waals surface area contributed by atoms with Crippen molar-refractivity contribution in [3.05, 3.63) is 59.7 Å². The Bertz CT molecular complexity index is 982. The molecule has 0 aliphatic carbocycles. The van der Waals surface area contributed by atoms with Crippen LogP contribution in [0.3, 0.4) is 0 Å². The zero-order valence-electron chi connectivity index (χ0n) is 19.7. The lowest BCUT2D eigenvalue weighted by atomic mass is 9.98. The van der Waals surface area contributed by atoms with Gasteiger partial charge < -0.3 is 33.4 Å². The average Bonchev–Trinajstić information content (AvgIpc) is 3.31. The second-order valence-electron chi connectivity index (χ2n) is 8.27. The van der Waals surface area contributed by atoms with E-state index in [0.717, 1.165) is 34.1 Å². The first-order valence-electron chi connectivity index (χ1n) is 11.0. The van der Waals surface area contributed by atoms with Crippen LogP contribution in [-0.4, -0.2) is 74.5 Å². The third kappa shape index (κ3) is 5.55. The van der Waals surface area contributed by atoms with E-state index < -0.39 is 18.3 Å². The van der Waals surface area contributed by atoms with Crippen molar-refractivity contribution in [2.75, 3.05) is 28.3 Å². The molecule has 182 valence electrons. The maximum Gasteiger partial charge on any atom is 0.161 e. The van der Waals surface area contributed by atoms with Crippen molar-refractivity contribution in [3.8, 4) is 11.5 Å². The first-order valence-corrected chi connectivity index (χ1v) is 11.9. The maximum atomic E-state index is 12.0. The third-order valence-corrected chi connectivity index (χ3v) is 7.06. The summed E-state index contributed by atoms with van der Waals surface area (Å²) in [6, 6.07) is 15.0. The number of aliphatic imine (C=N–C) groups is 1. The quantitative estimate of drug-likeness (QED) is 0.501. The first kappa shape index (κ1) is 24.5. The Labute approximate surface area is 204 Å². The Kier molecular flexibility index (Phi) is 8.10. The number of hydrogen-bond acceptors (Lipinski definition) is 9. The summed E-state index contributed by atoms with van der Waals surface area (Å²) in [6.45, 7) is 0.656. The van der Waals surface area contributed by atoms with Crippen molar-refractivity contribution in [2.24, 2.45) is 4.99 Å². The molecule has 8 nitrogen and oxygen atoms in total. The molecule has 2 aliphatic heterocycles. The van der Waals surface area contributed by atoms with E-state index in [9.17, 15) is 4.79 Å². The second-order valence-corrected chi connectivity index (χ2v) is 9.33. The van der Waals surface area contributed by atoms with Crippen molar-refractivity contribution >= 4 is 23.2 Å². The van der Waals surface area contributed by atoms with Gasteiger partial charge in [0.05, 0.1) is 27.4 Å². The van der Waals surface area contributed by atoms with Crippen molar-refractivity contribution in [3.63, 3.8) is 0 Å². The number of hydrogen-bond donors (Lipinski definition) is 0. The highest BCUT2D eigenvalue weighted by Crippen LogP contribution is 2.39. The van der Waals surface area contributed by atoms with E-state index in [2.05, 4.69) is 0 Å². The molecule has 1 fully saturated rings. The molecule has 0 bridgehead atoms. The molecule has 0 amide bonds. The van der Waals surface area contributed by atoms with Crippen LogP contribution in [0, 0.1) is 0 Å². The fourth-order valence-corrected chi connectivity index (χ4v) is 5.02. The molecular weight excluding hydrogens is 456 g/mol. The molecule has 2 aromatic carbocycles. The van der Waals surface area contributed by atoms with Crippen LogP contribution in [-0.2, 0) is 32.2 Å². The molecule has 5 atom stereocenters. The number of thioether (sulfide) groups is 1. The Balaban J connectivity index is 1.54. The summed E-state index contributed by atoms with van der Waals surface area (Å²) >= 11 is 1.50. The number of amidine groups is 1. The van der Waals surface area contributed by atoms with Gasteiger partial charge in [-0.3, -0.25) is 4.99 Å². The molecule has 2 aliphatic rings. The number of carbonyl (C=O) groups excluding carboxylic acids is 1. The zero-order valence-corrected chi connectivity index (χ0v) is 20.6. The summed E-state index contributed by atoms with van der Waals surface area (Å²) in [5.41, 5.74) is 1.64. The summed E-state index contributed by atoms with van der Waals surface area (Å²) < 4.78 is 29.2. The van der Waals surface area contributed by atoms with Crippen LogP contribution in [0.5, 0.6) is 11.5 Å². The minimum Gasteiger partial charge on any atom is -0.497 e. The average molecular weight is 487 g/mol. The smallest absolute Gasteiger partial charge is 0.161 e. The van der Waals surface area contributed by atoms with Crippen molar-refractivity contribution in [1.29, 1.82) is 0 Å². The molecular formula is C25H30N2O6S. The van der Waals surface area contributed by atoms with Gasteiger partial charge in [-0.25, -0.2) is 0 Å². The molecule has 0 spiro atoms. The summed E-state index contributed by atoms with van der Waals surface area (Å²) in [7, 11) is 7.13. The number of carbonyl (C=O) groups is 1. The molecule has 0 aromatic heterocycles. The van der Waals surface area contributed by atoms with Crippen molar-refractivity contribution < 1.29 is 28.5 Å². The second kappa shape index (κ2) is 11.2. The maximum absolute atomic E-state index is 12.0. The lowest BCUT2D eigenvalue weighted by Gasteiger charge is -2.40. The van der Waals surface area contributed by atoms with Crippen LogP contribution >= 0.6 is 11.8 Å². The monoisotopic (exact) mass is 486 g/mol. The van der Waals surface area contributed by atoms with E-state index in [1.165, 1.54) is 11.8 Å². The van der Waals surface area contributed by atoms with Crippen LogP contribution in [0.4, 0.5) is 0 Å². The minimum atomic E-state index is -0.760. The summed E-state index contributed by atoms with van der Waals surface area (Å²) in [5.74, 6) is 1.55. The predicted molar refractivity (Wildman–Crippen MR) is 130 cm³/mol. The van der Waals surface area contributed by atoms with Gasteiger partial charge in [0.2, 0.25) is 0 Å². The van der Waals surface area contributed by atoms with E-state index in [0.29, 0.717) is 13.2 Å². The number of aldehydes is 1. The van der Waals surface area contributed by atoms with Crippen LogP contribution in [0.25, 0.3) is 0 Å². The molecule has 2 heterocycles. The Morgan fingerprint density at radius 1 is 0.912 bits per heavy atom. The number of methoxy groups -OCH3 is 2. The van der Waals surface area contributed by atoms with E-state index >= 15 is 0 Å². The molecule has 0 N–H and O–H groups in total. The van der Waals surface area contributed by atoms with Gasteiger partial charge in [0.15, 0.2) is 11.5 Å². The Morgan fingerprint density at radius 2 is 1.44 bits per heavy atom. The molecule has 34 heavy (non-hydrogen) atoms. The molecule has 9 heteroatoms. The lowest BCUT2D eigenvalue weighted by Crippen LogP contribution is -2.57. The predicted octanol–water partition coefficient (Wildman–Crippen LogP) is 3.13. The molecule has 0 radical (unpaired) electrons. The summed E-state index contributed by atoms with van der Waals surface area (Å²) in [5, 5.41) is 0.841. The first-order chi connectivity index (χ1) is 16.5. The van der Waals surface area contributed by atoms with E-state index in [-0.39, 0.29) is 11.5 Å². The highest BCUT2D eigenvalue weighted by molar-refractivity contribution is 8.14. The number of ether oxygens (including phenoxy) is 5.